The SMILES string of the molecule is CC(C)Cc1[nH]c(Br)nc1C(=O)O. The van der Waals surface area contributed by atoms with Gasteiger partial charge in [-0.3, -0.25) is 0 Å². The molecule has 0 fully saturated rings. The largest absolute Gasteiger partial charge is 0.476 e. The van der Waals surface area contributed by atoms with Crippen molar-refractivity contribution in [1.29, 1.82) is 0 Å². The zero-order valence-corrected chi connectivity index (χ0v) is 9.05. The number of nitrogens with zero attached hydrogens (tertiary/aromatic N) is 1. The van der Waals surface area contributed by atoms with Crippen LogP contribution in [-0.2, 0) is 6.42 Å². The maximum Gasteiger partial charge on any atom is 0.356 e. The summed E-state index contributed by atoms with van der Waals surface area (Å²) >= 11 is 3.11. The molecule has 0 aliphatic rings. The standard InChI is InChI=1S/C8H11BrN2O2/c1-4(2)3-5-6(7(12)13)11-8(9)10-5/h4H,3H2,1-2H3,(H,10,11)(H,12,13). The van der Waals surface area contributed by atoms with Crippen LogP contribution in [0.3, 0.4) is 0 Å². The fraction of sp³-hybridized carbons (Fsp3) is 0.500. The van der Waals surface area contributed by atoms with Crippen molar-refractivity contribution >= 4 is 21.9 Å². The van der Waals surface area contributed by atoms with E-state index in [1.165, 1.54) is 0 Å². The molecular weight excluding hydrogens is 236 g/mol. The van der Waals surface area contributed by atoms with Crippen LogP contribution in [-0.4, -0.2) is 21.0 Å². The molecule has 0 saturated carbocycles. The van der Waals surface area contributed by atoms with E-state index < -0.39 is 5.97 Å². The van der Waals surface area contributed by atoms with Crippen LogP contribution in [0.25, 0.3) is 0 Å². The van der Waals surface area contributed by atoms with Crippen LogP contribution in [0.15, 0.2) is 4.73 Å². The van der Waals surface area contributed by atoms with Crippen molar-refractivity contribution in [2.75, 3.05) is 0 Å². The first-order valence-electron chi connectivity index (χ1n) is 3.98. The predicted octanol–water partition coefficient (Wildman–Crippen LogP) is 2.07. The van der Waals surface area contributed by atoms with Crippen molar-refractivity contribution < 1.29 is 9.90 Å². The quantitative estimate of drug-likeness (QED) is 0.859. The highest BCUT2D eigenvalue weighted by molar-refractivity contribution is 9.10. The van der Waals surface area contributed by atoms with Gasteiger partial charge in [0.15, 0.2) is 10.4 Å². The molecule has 0 radical (unpaired) electrons. The Morgan fingerprint density at radius 3 is 2.77 bits per heavy atom. The average Bonchev–Trinajstić information content (AvgIpc) is 2.29. The summed E-state index contributed by atoms with van der Waals surface area (Å²) in [7, 11) is 0. The summed E-state index contributed by atoms with van der Waals surface area (Å²) in [4.78, 5) is 17.4. The Hall–Kier alpha value is -0.840. The van der Waals surface area contributed by atoms with E-state index in [2.05, 4.69) is 25.9 Å². The number of carbonyl (C=O) groups is 1. The second-order valence-electron chi connectivity index (χ2n) is 3.26. The van der Waals surface area contributed by atoms with Crippen molar-refractivity contribution in [2.45, 2.75) is 20.3 Å². The summed E-state index contributed by atoms with van der Waals surface area (Å²) < 4.78 is 0.473. The van der Waals surface area contributed by atoms with Gasteiger partial charge in [-0.25, -0.2) is 9.78 Å². The molecular formula is C8H11BrN2O2. The zero-order chi connectivity index (χ0) is 10.0. The van der Waals surface area contributed by atoms with E-state index in [1.807, 2.05) is 13.8 Å². The van der Waals surface area contributed by atoms with Gasteiger partial charge >= 0.3 is 5.97 Å². The number of H-pyrrole nitrogens is 1. The minimum absolute atomic E-state index is 0.112. The highest BCUT2D eigenvalue weighted by atomic mass is 79.9. The van der Waals surface area contributed by atoms with Gasteiger partial charge in [-0.15, -0.1) is 0 Å². The number of hydrogen-bond donors (Lipinski definition) is 2. The van der Waals surface area contributed by atoms with Crippen molar-refractivity contribution in [2.24, 2.45) is 5.92 Å². The minimum atomic E-state index is -0.988. The van der Waals surface area contributed by atoms with Gasteiger partial charge in [-0.2, -0.15) is 0 Å². The summed E-state index contributed by atoms with van der Waals surface area (Å²) in [6, 6.07) is 0. The van der Waals surface area contributed by atoms with Crippen molar-refractivity contribution in [1.82, 2.24) is 9.97 Å². The molecule has 2 N–H and O–H groups in total. The molecule has 0 saturated heterocycles. The molecule has 4 nitrogen and oxygen atoms in total. The van der Waals surface area contributed by atoms with E-state index >= 15 is 0 Å². The molecule has 1 heterocycles. The van der Waals surface area contributed by atoms with Crippen LogP contribution in [0, 0.1) is 5.92 Å². The molecule has 1 aromatic heterocycles. The minimum Gasteiger partial charge on any atom is -0.476 e. The van der Waals surface area contributed by atoms with E-state index in [1.54, 1.807) is 0 Å². The molecule has 13 heavy (non-hydrogen) atoms. The number of aromatic amines is 1. The lowest BCUT2D eigenvalue weighted by Gasteiger charge is -2.01. The molecule has 5 heteroatoms. The van der Waals surface area contributed by atoms with Crippen LogP contribution in [0.1, 0.15) is 30.0 Å². The van der Waals surface area contributed by atoms with Crippen molar-refractivity contribution in [3.8, 4) is 0 Å². The Morgan fingerprint density at radius 2 is 2.31 bits per heavy atom. The fourth-order valence-electron chi connectivity index (χ4n) is 1.11. The molecule has 0 unspecified atom stereocenters. The summed E-state index contributed by atoms with van der Waals surface area (Å²) in [6.07, 6.45) is 0.695. The Bertz CT molecular complexity index is 320. The van der Waals surface area contributed by atoms with Gasteiger partial charge in [0.2, 0.25) is 0 Å². The number of aromatic carboxylic acids is 1. The lowest BCUT2D eigenvalue weighted by molar-refractivity contribution is 0.0689. The number of nitrogens with one attached hydrogen (secondary N) is 1. The number of imidazole rings is 1. The molecule has 0 spiro atoms. The lowest BCUT2D eigenvalue weighted by Crippen LogP contribution is -2.04. The highest BCUT2D eigenvalue weighted by Crippen LogP contribution is 2.14. The lowest BCUT2D eigenvalue weighted by atomic mass is 10.1. The molecule has 0 amide bonds. The second kappa shape index (κ2) is 3.91. The molecule has 0 aliphatic carbocycles. The van der Waals surface area contributed by atoms with Crippen molar-refractivity contribution in [3.05, 3.63) is 16.1 Å². The summed E-state index contributed by atoms with van der Waals surface area (Å²) in [6.45, 7) is 4.06. The van der Waals surface area contributed by atoms with E-state index in [0.717, 1.165) is 0 Å². The third-order valence-electron chi connectivity index (χ3n) is 1.56. The Balaban J connectivity index is 2.97. The normalized spacial score (nSPS) is 10.8. The molecule has 1 aromatic rings. The molecule has 0 aromatic carbocycles. The Morgan fingerprint density at radius 1 is 1.69 bits per heavy atom. The fourth-order valence-corrected chi connectivity index (χ4v) is 1.53. The third-order valence-corrected chi connectivity index (χ3v) is 1.94. The summed E-state index contributed by atoms with van der Waals surface area (Å²) in [5.41, 5.74) is 0.787. The van der Waals surface area contributed by atoms with Gasteiger partial charge in [0, 0.05) is 0 Å². The topological polar surface area (TPSA) is 66.0 Å². The van der Waals surface area contributed by atoms with E-state index in [-0.39, 0.29) is 5.69 Å². The second-order valence-corrected chi connectivity index (χ2v) is 4.01. The predicted molar refractivity (Wildman–Crippen MR) is 51.8 cm³/mol. The summed E-state index contributed by atoms with van der Waals surface area (Å²) in [5, 5.41) is 8.79. The molecule has 0 bridgehead atoms. The summed E-state index contributed by atoms with van der Waals surface area (Å²) in [5.74, 6) is -0.581. The number of carboxylic acids is 1. The van der Waals surface area contributed by atoms with E-state index in [0.29, 0.717) is 22.8 Å². The number of aromatic nitrogens is 2. The van der Waals surface area contributed by atoms with Crippen molar-refractivity contribution in [3.63, 3.8) is 0 Å². The number of carboxylic acid groups (broad SMARTS) is 1. The molecule has 0 aliphatic heterocycles. The maximum absolute atomic E-state index is 10.7. The van der Waals surface area contributed by atoms with E-state index in [4.69, 9.17) is 5.11 Å². The van der Waals surface area contributed by atoms with Gasteiger partial charge in [0.1, 0.15) is 0 Å². The Kier molecular flexibility index (Phi) is 3.08. The Labute approximate surface area is 84.5 Å². The number of rotatable bonds is 3. The first-order chi connectivity index (χ1) is 6.00. The third kappa shape index (κ3) is 2.55. The van der Waals surface area contributed by atoms with Gasteiger partial charge < -0.3 is 10.1 Å². The maximum atomic E-state index is 10.7. The van der Waals surface area contributed by atoms with Crippen LogP contribution < -0.4 is 0 Å². The number of halogens is 1. The van der Waals surface area contributed by atoms with Crippen LogP contribution in [0.2, 0.25) is 0 Å². The van der Waals surface area contributed by atoms with E-state index in [9.17, 15) is 4.79 Å². The van der Waals surface area contributed by atoms with Gasteiger partial charge in [0.05, 0.1) is 5.69 Å². The average molecular weight is 247 g/mol. The highest BCUT2D eigenvalue weighted by Gasteiger charge is 2.15. The van der Waals surface area contributed by atoms with Gasteiger partial charge in [-0.1, -0.05) is 13.8 Å². The monoisotopic (exact) mass is 246 g/mol. The van der Waals surface area contributed by atoms with Crippen LogP contribution >= 0.6 is 15.9 Å². The molecule has 0 atom stereocenters. The van der Waals surface area contributed by atoms with Gasteiger partial charge in [-0.05, 0) is 28.3 Å². The smallest absolute Gasteiger partial charge is 0.356 e. The molecule has 1 rings (SSSR count). The number of hydrogen-bond acceptors (Lipinski definition) is 2. The first kappa shape index (κ1) is 10.2. The van der Waals surface area contributed by atoms with Gasteiger partial charge in [0.25, 0.3) is 0 Å². The van der Waals surface area contributed by atoms with Crippen LogP contribution in [0.5, 0.6) is 0 Å². The zero-order valence-electron chi connectivity index (χ0n) is 7.47. The first-order valence-corrected chi connectivity index (χ1v) is 4.77. The molecule has 72 valence electrons. The van der Waals surface area contributed by atoms with Crippen LogP contribution in [0.4, 0.5) is 0 Å².